The Kier molecular flexibility index (Phi) is 13.2. The second-order valence-corrected chi connectivity index (χ2v) is 19.7. The zero-order valence-corrected chi connectivity index (χ0v) is 36.2. The molecule has 2 aromatic carbocycles. The van der Waals surface area contributed by atoms with Crippen LogP contribution in [0.25, 0.3) is 0 Å². The Labute approximate surface area is 354 Å². The van der Waals surface area contributed by atoms with Crippen LogP contribution in [0.3, 0.4) is 0 Å². The lowest BCUT2D eigenvalue weighted by Crippen LogP contribution is -2.57. The summed E-state index contributed by atoms with van der Waals surface area (Å²) in [5, 5.41) is 0.716. The SMILES string of the molecule is CO[C@H]1/C=C/C[C@H](C)CS(=O)(NC(=O)c2cc(CN3CCN4CCOC[C@@H]4C3)n(C)c2)=NC(=O)c2ccc3c(c2)N(Cc2ccc(Cl)cc2CCCCO3)C[C@@H]2CC[C@H]21. The number of amides is 2. The summed E-state index contributed by atoms with van der Waals surface area (Å²) in [6.45, 7) is 9.83. The summed E-state index contributed by atoms with van der Waals surface area (Å²) in [4.78, 5) is 35.5. The van der Waals surface area contributed by atoms with Crippen LogP contribution >= 0.6 is 11.6 Å². The Morgan fingerprint density at radius 1 is 1.05 bits per heavy atom. The fraction of sp³-hybridized carbons (Fsp3) is 0.556. The summed E-state index contributed by atoms with van der Waals surface area (Å²) in [6.07, 6.45) is 11.3. The lowest BCUT2D eigenvalue weighted by molar-refractivity contribution is -0.0464. The summed E-state index contributed by atoms with van der Waals surface area (Å²) in [7, 11) is 0.113. The van der Waals surface area contributed by atoms with Crippen LogP contribution in [0.5, 0.6) is 5.75 Å². The van der Waals surface area contributed by atoms with Crippen LogP contribution in [-0.2, 0) is 45.9 Å². The van der Waals surface area contributed by atoms with Gasteiger partial charge in [-0.2, -0.15) is 0 Å². The highest BCUT2D eigenvalue weighted by atomic mass is 35.5. The average Bonchev–Trinajstić information content (AvgIpc) is 3.56. The summed E-state index contributed by atoms with van der Waals surface area (Å²) >= 11 is 6.51. The van der Waals surface area contributed by atoms with Crippen LogP contribution in [0.1, 0.15) is 76.6 Å². The Bertz CT molecular complexity index is 2170. The summed E-state index contributed by atoms with van der Waals surface area (Å²) < 4.78 is 42.3. The van der Waals surface area contributed by atoms with Gasteiger partial charge in [0.1, 0.15) is 15.7 Å². The number of aryl methyl sites for hydroxylation is 2. The number of hydrogen-bond acceptors (Lipinski definition) is 9. The van der Waals surface area contributed by atoms with Crippen LogP contribution in [0.2, 0.25) is 5.02 Å². The Hall–Kier alpha value is -3.72. The number of halogens is 1. The van der Waals surface area contributed by atoms with E-state index < -0.39 is 21.7 Å². The highest BCUT2D eigenvalue weighted by Crippen LogP contribution is 2.42. The summed E-state index contributed by atoms with van der Waals surface area (Å²) in [6, 6.07) is 13.7. The number of morpholine rings is 1. The number of carbonyl (C=O) groups is 2. The molecule has 1 saturated carbocycles. The predicted octanol–water partition coefficient (Wildman–Crippen LogP) is 6.51. The number of aromatic nitrogens is 1. The number of carbonyl (C=O) groups excluding carboxylic acids is 2. The number of anilines is 1. The van der Waals surface area contributed by atoms with Gasteiger partial charge < -0.3 is 23.7 Å². The van der Waals surface area contributed by atoms with Crippen molar-refractivity contribution in [3.8, 4) is 5.75 Å². The number of rotatable bonds is 5. The molecule has 5 aliphatic rings. The molecule has 12 nitrogen and oxygen atoms in total. The van der Waals surface area contributed by atoms with Gasteiger partial charge in [-0.3, -0.25) is 24.1 Å². The second kappa shape index (κ2) is 18.5. The topological polar surface area (TPSA) is 118 Å². The third-order valence-electron chi connectivity index (χ3n) is 12.9. The summed E-state index contributed by atoms with van der Waals surface area (Å²) in [5.74, 6) is 0.0493. The zero-order chi connectivity index (χ0) is 41.1. The monoisotopic (exact) mass is 846 g/mol. The van der Waals surface area contributed by atoms with Gasteiger partial charge in [-0.1, -0.05) is 36.7 Å². The van der Waals surface area contributed by atoms with E-state index in [1.54, 1.807) is 19.4 Å². The molecule has 0 spiro atoms. The van der Waals surface area contributed by atoms with E-state index in [2.05, 4.69) is 48.1 Å². The molecule has 3 aromatic rings. The minimum atomic E-state index is -3.58. The van der Waals surface area contributed by atoms with Crippen LogP contribution < -0.4 is 14.4 Å². The maximum absolute atomic E-state index is 14.9. The number of ether oxygens (including phenoxy) is 3. The molecular weight excluding hydrogens is 788 g/mol. The Morgan fingerprint density at radius 2 is 1.93 bits per heavy atom. The van der Waals surface area contributed by atoms with E-state index in [0.717, 1.165) is 89.4 Å². The smallest absolute Gasteiger partial charge is 0.286 e. The Balaban J connectivity index is 1.11. The van der Waals surface area contributed by atoms with E-state index in [-0.39, 0.29) is 23.3 Å². The highest BCUT2D eigenvalue weighted by Gasteiger charge is 2.38. The number of fused-ring (bicyclic) bond motifs is 4. The second-order valence-electron chi connectivity index (χ2n) is 17.2. The van der Waals surface area contributed by atoms with E-state index in [1.165, 1.54) is 11.1 Å². The van der Waals surface area contributed by atoms with Crippen LogP contribution in [0, 0.1) is 17.8 Å². The van der Waals surface area contributed by atoms with Gasteiger partial charge in [0.25, 0.3) is 11.8 Å². The van der Waals surface area contributed by atoms with E-state index in [0.29, 0.717) is 60.3 Å². The molecular formula is C45H59ClN6O6S. The first-order chi connectivity index (χ1) is 28.5. The molecule has 14 heteroatoms. The minimum absolute atomic E-state index is 0.00543. The van der Waals surface area contributed by atoms with Crippen molar-refractivity contribution in [2.24, 2.45) is 29.2 Å². The standard InChI is InChI=1S/C45H59ClN6O6S/c1-31-7-6-9-42(56-3)40-14-11-35(40)26-52-25-34-10-13-37(46)21-32(34)8-4-5-19-58-43-15-12-33(23-41(43)52)44(53)47-59(55,30-31)48-45(54)36-22-38(49(2)24-36)27-50-16-17-51-18-20-57-29-39(51)28-50/h6,9-10,12-13,15,21-24,31,35,39-40,42H,4-5,7-8,11,14,16-20,25-30H2,1-3H3,(H,47,48,53,54,55)/b9-6+/t31-,35-,39-,40+,42-,59?/m0/s1. The molecule has 4 aliphatic heterocycles. The first-order valence-corrected chi connectivity index (χ1v) is 23.4. The minimum Gasteiger partial charge on any atom is -0.491 e. The van der Waals surface area contributed by atoms with E-state index in [1.807, 2.05) is 42.8 Å². The van der Waals surface area contributed by atoms with Gasteiger partial charge in [-0.15, -0.1) is 4.36 Å². The van der Waals surface area contributed by atoms with Crippen molar-refractivity contribution in [2.75, 3.05) is 70.3 Å². The molecule has 8 rings (SSSR count). The summed E-state index contributed by atoms with van der Waals surface area (Å²) in [5.41, 5.74) is 4.82. The lowest BCUT2D eigenvalue weighted by atomic mass is 9.70. The molecule has 1 unspecified atom stereocenters. The number of methoxy groups -OCH3 is 1. The van der Waals surface area contributed by atoms with Gasteiger partial charge in [-0.05, 0) is 104 Å². The number of piperazine rings is 1. The van der Waals surface area contributed by atoms with Crippen molar-refractivity contribution in [1.82, 2.24) is 19.1 Å². The third-order valence-corrected chi connectivity index (χ3v) is 15.2. The van der Waals surface area contributed by atoms with Gasteiger partial charge >= 0.3 is 0 Å². The zero-order valence-electron chi connectivity index (χ0n) is 34.7. The number of benzene rings is 2. The van der Waals surface area contributed by atoms with E-state index in [9.17, 15) is 13.8 Å². The van der Waals surface area contributed by atoms with Gasteiger partial charge in [0.15, 0.2) is 0 Å². The van der Waals surface area contributed by atoms with Crippen LogP contribution in [-0.4, -0.2) is 108 Å². The maximum atomic E-state index is 14.9. The van der Waals surface area contributed by atoms with Gasteiger partial charge in [0.2, 0.25) is 0 Å². The van der Waals surface area contributed by atoms with Crippen molar-refractivity contribution >= 4 is 39.0 Å². The molecule has 2 amide bonds. The van der Waals surface area contributed by atoms with Crippen molar-refractivity contribution in [1.29, 1.82) is 0 Å². The van der Waals surface area contributed by atoms with E-state index in [4.69, 9.17) is 25.8 Å². The van der Waals surface area contributed by atoms with E-state index >= 15 is 0 Å². The number of hydrogen-bond donors (Lipinski definition) is 1. The van der Waals surface area contributed by atoms with Gasteiger partial charge in [0, 0.05) is 88.5 Å². The molecule has 318 valence electrons. The van der Waals surface area contributed by atoms with Crippen LogP contribution in [0.15, 0.2) is 65.2 Å². The molecule has 1 N–H and O–H groups in total. The fourth-order valence-corrected chi connectivity index (χ4v) is 11.5. The fourth-order valence-electron chi connectivity index (χ4n) is 9.45. The number of nitrogens with zero attached hydrogens (tertiary/aromatic N) is 5. The molecule has 3 fully saturated rings. The Morgan fingerprint density at radius 3 is 2.76 bits per heavy atom. The van der Waals surface area contributed by atoms with Crippen molar-refractivity contribution in [3.05, 3.63) is 93.8 Å². The first kappa shape index (κ1) is 42.0. The lowest BCUT2D eigenvalue weighted by Gasteiger charge is -2.43. The quantitative estimate of drug-likeness (QED) is 0.287. The largest absolute Gasteiger partial charge is 0.491 e. The molecule has 6 atom stereocenters. The number of allylic oxidation sites excluding steroid dienone is 1. The van der Waals surface area contributed by atoms with Crippen molar-refractivity contribution in [2.45, 2.75) is 70.7 Å². The molecule has 2 saturated heterocycles. The molecule has 1 aromatic heterocycles. The van der Waals surface area contributed by atoms with Gasteiger partial charge in [0.05, 0.1) is 42.9 Å². The molecule has 2 bridgehead atoms. The highest BCUT2D eigenvalue weighted by molar-refractivity contribution is 7.92. The van der Waals surface area contributed by atoms with Crippen molar-refractivity contribution < 1.29 is 28.0 Å². The molecule has 59 heavy (non-hydrogen) atoms. The number of nitrogens with one attached hydrogen (secondary N) is 1. The van der Waals surface area contributed by atoms with Gasteiger partial charge in [-0.25, -0.2) is 4.21 Å². The first-order valence-electron chi connectivity index (χ1n) is 21.3. The maximum Gasteiger partial charge on any atom is 0.286 e. The molecule has 5 heterocycles. The predicted molar refractivity (Wildman–Crippen MR) is 231 cm³/mol. The van der Waals surface area contributed by atoms with Crippen molar-refractivity contribution in [3.63, 3.8) is 0 Å². The molecule has 1 aliphatic carbocycles. The van der Waals surface area contributed by atoms with Crippen LogP contribution in [0.4, 0.5) is 5.69 Å². The third kappa shape index (κ3) is 9.92. The normalized spacial score (nSPS) is 29.0. The average molecular weight is 848 g/mol. The molecule has 0 radical (unpaired) electrons.